The van der Waals surface area contributed by atoms with E-state index in [1.165, 1.54) is 36.4 Å². The molecule has 0 aromatic heterocycles. The SMILES string of the molecule is O=[N+]([O-])c1ccc([C@H](OC(F)(F)F)c2ccc(Cl)cc2)cc1. The summed E-state index contributed by atoms with van der Waals surface area (Å²) in [6.45, 7) is 0. The Bertz CT molecular complexity index is 657. The van der Waals surface area contributed by atoms with Crippen molar-refractivity contribution in [2.75, 3.05) is 0 Å². The number of benzene rings is 2. The van der Waals surface area contributed by atoms with Gasteiger partial charge >= 0.3 is 6.36 Å². The molecule has 4 nitrogen and oxygen atoms in total. The van der Waals surface area contributed by atoms with Crippen LogP contribution in [0.2, 0.25) is 5.02 Å². The molecule has 0 aliphatic carbocycles. The zero-order valence-electron chi connectivity index (χ0n) is 10.9. The minimum Gasteiger partial charge on any atom is -0.279 e. The van der Waals surface area contributed by atoms with Crippen LogP contribution in [0.4, 0.5) is 18.9 Å². The molecule has 0 heterocycles. The van der Waals surface area contributed by atoms with Crippen LogP contribution < -0.4 is 0 Å². The third-order valence-electron chi connectivity index (χ3n) is 2.83. The van der Waals surface area contributed by atoms with Crippen LogP contribution in [-0.4, -0.2) is 11.3 Å². The summed E-state index contributed by atoms with van der Waals surface area (Å²) in [7, 11) is 0. The summed E-state index contributed by atoms with van der Waals surface area (Å²) in [4.78, 5) is 9.96. The first-order chi connectivity index (χ1) is 10.3. The Kier molecular flexibility index (Phi) is 4.68. The zero-order chi connectivity index (χ0) is 16.3. The minimum absolute atomic E-state index is 0.144. The summed E-state index contributed by atoms with van der Waals surface area (Å²) in [6.07, 6.45) is -6.29. The van der Waals surface area contributed by atoms with Gasteiger partial charge in [-0.1, -0.05) is 23.7 Å². The second-order valence-electron chi connectivity index (χ2n) is 4.34. The highest BCUT2D eigenvalue weighted by atomic mass is 35.5. The number of alkyl halides is 3. The summed E-state index contributed by atoms with van der Waals surface area (Å²) in [5.74, 6) is 0. The predicted octanol–water partition coefficient (Wildman–Crippen LogP) is 4.87. The number of halogens is 4. The van der Waals surface area contributed by atoms with Gasteiger partial charge in [0.05, 0.1) is 4.92 Å². The maximum absolute atomic E-state index is 12.6. The fourth-order valence-electron chi connectivity index (χ4n) is 1.87. The molecule has 8 heteroatoms. The largest absolute Gasteiger partial charge is 0.523 e. The lowest BCUT2D eigenvalue weighted by Gasteiger charge is -2.20. The van der Waals surface area contributed by atoms with E-state index >= 15 is 0 Å². The molecule has 22 heavy (non-hydrogen) atoms. The van der Waals surface area contributed by atoms with Crippen LogP contribution in [0.1, 0.15) is 17.2 Å². The topological polar surface area (TPSA) is 52.4 Å². The third kappa shape index (κ3) is 4.19. The molecule has 0 saturated heterocycles. The molecule has 0 N–H and O–H groups in total. The highest BCUT2D eigenvalue weighted by Gasteiger charge is 2.35. The van der Waals surface area contributed by atoms with Crippen molar-refractivity contribution in [3.8, 4) is 0 Å². The van der Waals surface area contributed by atoms with Crippen LogP contribution >= 0.6 is 11.6 Å². The average Bonchev–Trinajstić information content (AvgIpc) is 2.45. The summed E-state index contributed by atoms with van der Waals surface area (Å²) >= 11 is 5.71. The van der Waals surface area contributed by atoms with Gasteiger partial charge in [0.1, 0.15) is 6.10 Å². The van der Waals surface area contributed by atoms with Crippen LogP contribution in [0.3, 0.4) is 0 Å². The van der Waals surface area contributed by atoms with Crippen molar-refractivity contribution >= 4 is 17.3 Å². The lowest BCUT2D eigenvalue weighted by molar-refractivity contribution is -0.384. The van der Waals surface area contributed by atoms with Gasteiger partial charge in [0.2, 0.25) is 0 Å². The quantitative estimate of drug-likeness (QED) is 0.593. The fraction of sp³-hybridized carbons (Fsp3) is 0.143. The fourth-order valence-corrected chi connectivity index (χ4v) is 2.00. The molecule has 1 atom stereocenters. The molecular formula is C14H9ClF3NO3. The van der Waals surface area contributed by atoms with Gasteiger partial charge in [-0.2, -0.15) is 0 Å². The number of non-ortho nitro benzene ring substituents is 1. The van der Waals surface area contributed by atoms with Crippen molar-refractivity contribution in [2.45, 2.75) is 12.5 Å². The summed E-state index contributed by atoms with van der Waals surface area (Å²) in [6, 6.07) is 10.4. The Morgan fingerprint density at radius 2 is 1.45 bits per heavy atom. The maximum Gasteiger partial charge on any atom is 0.523 e. The van der Waals surface area contributed by atoms with Gasteiger partial charge < -0.3 is 0 Å². The van der Waals surface area contributed by atoms with Crippen LogP contribution in [0.25, 0.3) is 0 Å². The van der Waals surface area contributed by atoms with Crippen molar-refractivity contribution < 1.29 is 22.8 Å². The number of rotatable bonds is 4. The van der Waals surface area contributed by atoms with Crippen molar-refractivity contribution in [3.63, 3.8) is 0 Å². The van der Waals surface area contributed by atoms with Gasteiger partial charge in [0, 0.05) is 17.2 Å². The predicted molar refractivity (Wildman–Crippen MR) is 73.5 cm³/mol. The molecule has 0 fully saturated rings. The number of nitro benzene ring substituents is 1. The van der Waals surface area contributed by atoms with Crippen LogP contribution in [0.15, 0.2) is 48.5 Å². The van der Waals surface area contributed by atoms with E-state index in [2.05, 4.69) is 4.74 Å². The van der Waals surface area contributed by atoms with E-state index in [-0.39, 0.29) is 16.8 Å². The van der Waals surface area contributed by atoms with Gasteiger partial charge in [0.25, 0.3) is 5.69 Å². The van der Waals surface area contributed by atoms with E-state index in [9.17, 15) is 23.3 Å². The van der Waals surface area contributed by atoms with E-state index in [0.717, 1.165) is 12.1 Å². The Hall–Kier alpha value is -2.12. The first kappa shape index (κ1) is 16.3. The standard InChI is InChI=1S/C14H9ClF3NO3/c15-11-5-1-9(2-6-11)13(22-14(16,17)18)10-3-7-12(8-4-10)19(20)21/h1-8,13H/t13-/m1/s1. The molecular weight excluding hydrogens is 323 g/mol. The molecule has 2 aromatic rings. The Balaban J connectivity index is 2.39. The number of nitrogens with zero attached hydrogens (tertiary/aromatic N) is 1. The van der Waals surface area contributed by atoms with Gasteiger partial charge in [-0.3, -0.25) is 14.9 Å². The molecule has 0 unspecified atom stereocenters. The first-order valence-corrected chi connectivity index (χ1v) is 6.38. The average molecular weight is 332 g/mol. The van der Waals surface area contributed by atoms with Gasteiger partial charge in [0.15, 0.2) is 0 Å². The molecule has 0 spiro atoms. The Morgan fingerprint density at radius 3 is 1.86 bits per heavy atom. The third-order valence-corrected chi connectivity index (χ3v) is 3.08. The number of hydrogen-bond acceptors (Lipinski definition) is 3. The van der Waals surface area contributed by atoms with Crippen molar-refractivity contribution in [3.05, 3.63) is 74.8 Å². The first-order valence-electron chi connectivity index (χ1n) is 6.00. The molecule has 116 valence electrons. The molecule has 2 aromatic carbocycles. The second kappa shape index (κ2) is 6.33. The lowest BCUT2D eigenvalue weighted by atomic mass is 10.0. The summed E-state index contributed by atoms with van der Waals surface area (Å²) in [5.41, 5.74) is 0.159. The monoisotopic (exact) mass is 331 g/mol. The van der Waals surface area contributed by atoms with E-state index in [1.807, 2.05) is 0 Å². The minimum atomic E-state index is -4.86. The highest BCUT2D eigenvalue weighted by Crippen LogP contribution is 2.34. The van der Waals surface area contributed by atoms with Crippen molar-refractivity contribution in [1.82, 2.24) is 0 Å². The van der Waals surface area contributed by atoms with Crippen molar-refractivity contribution in [1.29, 1.82) is 0 Å². The molecule has 0 bridgehead atoms. The van der Waals surface area contributed by atoms with Crippen LogP contribution in [0.5, 0.6) is 0 Å². The normalized spacial score (nSPS) is 12.9. The highest BCUT2D eigenvalue weighted by molar-refractivity contribution is 6.30. The zero-order valence-corrected chi connectivity index (χ0v) is 11.6. The number of hydrogen-bond donors (Lipinski definition) is 0. The maximum atomic E-state index is 12.6. The van der Waals surface area contributed by atoms with Gasteiger partial charge in [-0.25, -0.2) is 0 Å². The van der Waals surface area contributed by atoms with Gasteiger partial charge in [-0.05, 0) is 35.4 Å². The smallest absolute Gasteiger partial charge is 0.279 e. The Labute approximate surface area is 128 Å². The Morgan fingerprint density at radius 1 is 1.00 bits per heavy atom. The summed E-state index contributed by atoms with van der Waals surface area (Å²) in [5, 5.41) is 11.0. The molecule has 0 amide bonds. The second-order valence-corrected chi connectivity index (χ2v) is 4.78. The molecule has 0 radical (unpaired) electrons. The molecule has 0 aliphatic heterocycles. The van der Waals surface area contributed by atoms with E-state index in [0.29, 0.717) is 5.02 Å². The molecule has 0 aliphatic rings. The van der Waals surface area contributed by atoms with E-state index in [4.69, 9.17) is 11.6 Å². The molecule has 2 rings (SSSR count). The van der Waals surface area contributed by atoms with Crippen molar-refractivity contribution in [2.24, 2.45) is 0 Å². The van der Waals surface area contributed by atoms with E-state index in [1.54, 1.807) is 0 Å². The van der Waals surface area contributed by atoms with E-state index < -0.39 is 17.4 Å². The summed E-state index contributed by atoms with van der Waals surface area (Å²) < 4.78 is 42.0. The number of nitro groups is 1. The lowest BCUT2D eigenvalue weighted by Crippen LogP contribution is -2.19. The van der Waals surface area contributed by atoms with Crippen LogP contribution in [0, 0.1) is 10.1 Å². The number of ether oxygens (including phenoxy) is 1. The molecule has 0 saturated carbocycles. The van der Waals surface area contributed by atoms with Gasteiger partial charge in [-0.15, -0.1) is 13.2 Å². The van der Waals surface area contributed by atoms with Crippen LogP contribution in [-0.2, 0) is 4.74 Å².